The summed E-state index contributed by atoms with van der Waals surface area (Å²) in [6.45, 7) is 4.70. The fourth-order valence-electron chi connectivity index (χ4n) is 10.8. The average Bonchev–Trinajstić information content (AvgIpc) is 4.12. The van der Waals surface area contributed by atoms with E-state index in [1.807, 2.05) is 36.4 Å². The van der Waals surface area contributed by atoms with Gasteiger partial charge in [-0.3, -0.25) is 0 Å². The Hall–Kier alpha value is -8.19. The van der Waals surface area contributed by atoms with Gasteiger partial charge in [-0.25, -0.2) is 15.0 Å². The first-order valence-corrected chi connectivity index (χ1v) is 23.2. The molecule has 0 unspecified atom stereocenters. The molecule has 9 aromatic carbocycles. The molecule has 5 nitrogen and oxygen atoms in total. The van der Waals surface area contributed by atoms with Crippen molar-refractivity contribution in [2.24, 2.45) is 0 Å². The normalized spacial score (nSPS) is 13.1. The van der Waals surface area contributed by atoms with Crippen LogP contribution in [0.4, 0.5) is 0 Å². The van der Waals surface area contributed by atoms with Crippen LogP contribution < -0.4 is 0 Å². The summed E-state index contributed by atoms with van der Waals surface area (Å²) >= 11 is 1.78. The lowest BCUT2D eigenvalue weighted by Crippen LogP contribution is -2.16. The Labute approximate surface area is 383 Å². The first-order valence-electron chi connectivity index (χ1n) is 22.3. The maximum Gasteiger partial charge on any atom is 0.167 e. The van der Waals surface area contributed by atoms with Crippen molar-refractivity contribution in [1.29, 1.82) is 0 Å². The van der Waals surface area contributed by atoms with Crippen LogP contribution in [0.3, 0.4) is 0 Å². The van der Waals surface area contributed by atoms with E-state index < -0.39 is 0 Å². The highest BCUT2D eigenvalue weighted by molar-refractivity contribution is 7.25. The Morgan fingerprint density at radius 2 is 0.955 bits per heavy atom. The monoisotopic (exact) mass is 863 g/mol. The highest BCUT2D eigenvalue weighted by Gasteiger charge is 2.37. The van der Waals surface area contributed by atoms with Gasteiger partial charge in [-0.05, 0) is 93.0 Å². The molecule has 0 amide bonds. The second-order valence-corrected chi connectivity index (χ2v) is 18.9. The molecule has 4 aromatic heterocycles. The fraction of sp³-hybridized carbons (Fsp3) is 0.0500. The Bertz CT molecular complexity index is 4170. The van der Waals surface area contributed by atoms with E-state index in [4.69, 9.17) is 23.8 Å². The second-order valence-electron chi connectivity index (χ2n) is 17.8. The van der Waals surface area contributed by atoms with Crippen molar-refractivity contribution < 1.29 is 8.83 Å². The Balaban J connectivity index is 0.964. The summed E-state index contributed by atoms with van der Waals surface area (Å²) in [5, 5.41) is 6.33. The molecule has 0 atom stereocenters. The van der Waals surface area contributed by atoms with Gasteiger partial charge in [0.15, 0.2) is 17.5 Å². The molecular formula is C60H37N3O2S. The van der Waals surface area contributed by atoms with Crippen LogP contribution in [0, 0.1) is 0 Å². The van der Waals surface area contributed by atoms with E-state index in [0.717, 1.165) is 77.1 Å². The molecule has 4 heterocycles. The predicted octanol–water partition coefficient (Wildman–Crippen LogP) is 16.7. The molecule has 6 heteroatoms. The van der Waals surface area contributed by atoms with Crippen LogP contribution >= 0.6 is 11.3 Å². The first-order chi connectivity index (χ1) is 32.5. The third-order valence-electron chi connectivity index (χ3n) is 13.7. The number of furan rings is 2. The molecule has 0 spiro atoms. The molecule has 1 aliphatic carbocycles. The van der Waals surface area contributed by atoms with E-state index >= 15 is 0 Å². The number of para-hydroxylation sites is 2. The number of hydrogen-bond donors (Lipinski definition) is 0. The van der Waals surface area contributed by atoms with Gasteiger partial charge < -0.3 is 8.83 Å². The lowest BCUT2D eigenvalue weighted by Gasteiger charge is -2.24. The van der Waals surface area contributed by atoms with Gasteiger partial charge in [0.25, 0.3) is 0 Å². The summed E-state index contributed by atoms with van der Waals surface area (Å²) < 4.78 is 15.6. The summed E-state index contributed by atoms with van der Waals surface area (Å²) in [5.41, 5.74) is 15.7. The maximum absolute atomic E-state index is 6.63. The minimum atomic E-state index is -0.124. The van der Waals surface area contributed by atoms with Crippen LogP contribution in [0.1, 0.15) is 25.0 Å². The molecule has 66 heavy (non-hydrogen) atoms. The van der Waals surface area contributed by atoms with Crippen molar-refractivity contribution in [2.75, 3.05) is 0 Å². The number of thiophene rings is 1. The molecule has 0 saturated heterocycles. The molecule has 0 fully saturated rings. The third-order valence-corrected chi connectivity index (χ3v) is 14.9. The molecule has 1 aliphatic rings. The van der Waals surface area contributed by atoms with E-state index in [1.54, 1.807) is 11.3 Å². The number of fused-ring (bicyclic) bond motifs is 12. The van der Waals surface area contributed by atoms with E-state index in [0.29, 0.717) is 17.5 Å². The highest BCUT2D eigenvalue weighted by atomic mass is 32.1. The Morgan fingerprint density at radius 3 is 1.85 bits per heavy atom. The van der Waals surface area contributed by atoms with Gasteiger partial charge in [0.05, 0.1) is 5.56 Å². The van der Waals surface area contributed by atoms with Gasteiger partial charge in [0.2, 0.25) is 0 Å². The molecule has 0 N–H and O–H groups in total. The summed E-state index contributed by atoms with van der Waals surface area (Å²) in [7, 11) is 0. The van der Waals surface area contributed by atoms with Crippen LogP contribution in [-0.2, 0) is 5.41 Å². The molecule has 0 radical (unpaired) electrons. The van der Waals surface area contributed by atoms with Crippen LogP contribution in [0.5, 0.6) is 0 Å². The smallest absolute Gasteiger partial charge is 0.167 e. The zero-order chi connectivity index (χ0) is 43.7. The van der Waals surface area contributed by atoms with Crippen LogP contribution in [0.25, 0.3) is 132 Å². The summed E-state index contributed by atoms with van der Waals surface area (Å²) in [4.78, 5) is 16.0. The zero-order valence-electron chi connectivity index (χ0n) is 36.0. The minimum absolute atomic E-state index is 0.124. The van der Waals surface area contributed by atoms with Crippen molar-refractivity contribution in [2.45, 2.75) is 19.3 Å². The molecule has 0 aliphatic heterocycles. The molecular weight excluding hydrogens is 827 g/mol. The molecule has 13 aromatic rings. The highest BCUT2D eigenvalue weighted by Crippen LogP contribution is 2.52. The number of hydrogen-bond acceptors (Lipinski definition) is 6. The zero-order valence-corrected chi connectivity index (χ0v) is 36.8. The quantitative estimate of drug-likeness (QED) is 0.172. The lowest BCUT2D eigenvalue weighted by molar-refractivity contribution is 0.662. The van der Waals surface area contributed by atoms with Gasteiger partial charge in [-0.2, -0.15) is 0 Å². The van der Waals surface area contributed by atoms with Crippen LogP contribution in [0.15, 0.2) is 197 Å². The van der Waals surface area contributed by atoms with Crippen LogP contribution in [0.2, 0.25) is 0 Å². The predicted molar refractivity (Wildman–Crippen MR) is 272 cm³/mol. The van der Waals surface area contributed by atoms with E-state index in [9.17, 15) is 0 Å². The van der Waals surface area contributed by atoms with Crippen molar-refractivity contribution in [1.82, 2.24) is 15.0 Å². The van der Waals surface area contributed by atoms with E-state index in [2.05, 4.69) is 166 Å². The third kappa shape index (κ3) is 5.42. The largest absolute Gasteiger partial charge is 0.456 e. The molecule has 0 saturated carbocycles. The standard InChI is InChI=1S/C60H37N3O2S/c1-60(2)47-25-6-3-16-38(47)40-20-10-19-37(55(40)60)36-15-9-14-34(32-36)35-30-31-49-46(33-35)53-43(22-12-27-50(53)64-49)57-61-58(44-23-13-29-52-54(44)42-18-5-8-28-51(42)66-52)63-59(62-57)45-24-11-21-41-39-17-4-7-26-48(39)65-56(41)45/h3-33H,1-2H3. The fourth-order valence-corrected chi connectivity index (χ4v) is 11.9. The van der Waals surface area contributed by atoms with Crippen molar-refractivity contribution in [3.05, 3.63) is 199 Å². The topological polar surface area (TPSA) is 65.0 Å². The van der Waals surface area contributed by atoms with Gasteiger partial charge in [-0.15, -0.1) is 11.3 Å². The number of aromatic nitrogens is 3. The van der Waals surface area contributed by atoms with Gasteiger partial charge >= 0.3 is 0 Å². The first kappa shape index (κ1) is 37.2. The molecule has 0 bridgehead atoms. The van der Waals surface area contributed by atoms with Crippen molar-refractivity contribution >= 4 is 75.4 Å². The molecule has 14 rings (SSSR count). The maximum atomic E-state index is 6.63. The Morgan fingerprint density at radius 1 is 0.379 bits per heavy atom. The lowest BCUT2D eigenvalue weighted by atomic mass is 9.78. The average molecular weight is 864 g/mol. The van der Waals surface area contributed by atoms with Gasteiger partial charge in [0, 0.05) is 58.3 Å². The second kappa shape index (κ2) is 13.9. The summed E-state index contributed by atoms with van der Waals surface area (Å²) in [6.07, 6.45) is 0. The van der Waals surface area contributed by atoms with Crippen LogP contribution in [-0.4, -0.2) is 15.0 Å². The van der Waals surface area contributed by atoms with Gasteiger partial charge in [0.1, 0.15) is 22.3 Å². The molecule has 310 valence electrons. The van der Waals surface area contributed by atoms with Crippen molar-refractivity contribution in [3.63, 3.8) is 0 Å². The summed E-state index contributed by atoms with van der Waals surface area (Å²) in [6, 6.07) is 66.5. The SMILES string of the molecule is CC1(C)c2ccccc2-c2cccc(-c3cccc(-c4ccc5oc6cccc(-c7nc(-c8cccc9c8oc8ccccc89)nc(-c8cccc9sc%10ccccc%10c89)n7)c6c5c4)c3)c21. The number of benzene rings is 9. The summed E-state index contributed by atoms with van der Waals surface area (Å²) in [5.74, 6) is 1.69. The van der Waals surface area contributed by atoms with Gasteiger partial charge in [-0.1, -0.05) is 153 Å². The van der Waals surface area contributed by atoms with Crippen molar-refractivity contribution in [3.8, 4) is 67.5 Å². The number of nitrogens with zero attached hydrogens (tertiary/aromatic N) is 3. The van der Waals surface area contributed by atoms with E-state index in [-0.39, 0.29) is 5.41 Å². The Kier molecular flexibility index (Phi) is 7.84. The number of rotatable bonds is 5. The van der Waals surface area contributed by atoms with E-state index in [1.165, 1.54) is 48.2 Å². The minimum Gasteiger partial charge on any atom is -0.456 e.